The lowest BCUT2D eigenvalue weighted by Gasteiger charge is -2.42. The second-order valence-corrected chi connectivity index (χ2v) is 15.6. The van der Waals surface area contributed by atoms with Gasteiger partial charge in [0.05, 0.1) is 23.3 Å². The Hall–Kier alpha value is -4.84. The molecule has 4 aliphatic heterocycles. The van der Waals surface area contributed by atoms with Crippen molar-refractivity contribution in [3.63, 3.8) is 0 Å². The van der Waals surface area contributed by atoms with Gasteiger partial charge in [0.25, 0.3) is 11.8 Å². The number of aliphatic imine (C=N–C) groups is 2. The lowest BCUT2D eigenvalue weighted by atomic mass is 9.79. The minimum absolute atomic E-state index is 0.00986. The molecule has 0 aromatic carbocycles. The van der Waals surface area contributed by atoms with Crippen LogP contribution in [0.4, 0.5) is 17.5 Å². The monoisotopic (exact) mass is 782 g/mol. The van der Waals surface area contributed by atoms with Gasteiger partial charge in [-0.15, -0.1) is 0 Å². The van der Waals surface area contributed by atoms with E-state index in [4.69, 9.17) is 45.4 Å². The third kappa shape index (κ3) is 7.58. The number of nitrogens with zero attached hydrogens (tertiary/aromatic N) is 8. The minimum Gasteiger partial charge on any atom is -0.382 e. The molecule has 2 spiro atoms. The molecule has 1 aliphatic carbocycles. The van der Waals surface area contributed by atoms with E-state index in [0.29, 0.717) is 95.2 Å². The van der Waals surface area contributed by atoms with Crippen LogP contribution in [0.3, 0.4) is 0 Å². The van der Waals surface area contributed by atoms with Crippen molar-refractivity contribution >= 4 is 76.1 Å². The summed E-state index contributed by atoms with van der Waals surface area (Å²) in [6, 6.07) is 0. The Morgan fingerprint density at radius 3 is 1.87 bits per heavy atom. The average molecular weight is 784 g/mol. The highest BCUT2D eigenvalue weighted by Gasteiger charge is 2.44. The number of amidine groups is 1. The average Bonchev–Trinajstić information content (AvgIpc) is 3.73. The zero-order valence-corrected chi connectivity index (χ0v) is 31.5. The zero-order chi connectivity index (χ0) is 38.4. The smallest absolute Gasteiger partial charge is 0.280 e. The largest absolute Gasteiger partial charge is 0.382 e. The summed E-state index contributed by atoms with van der Waals surface area (Å²) in [7, 11) is 0. The van der Waals surface area contributed by atoms with E-state index in [1.807, 2.05) is 9.80 Å². The van der Waals surface area contributed by atoms with E-state index in [2.05, 4.69) is 40.9 Å². The van der Waals surface area contributed by atoms with Crippen LogP contribution < -0.4 is 33.2 Å². The predicted molar refractivity (Wildman–Crippen MR) is 202 cm³/mol. The quantitative estimate of drug-likeness (QED) is 0.258. The molecule has 3 fully saturated rings. The van der Waals surface area contributed by atoms with Gasteiger partial charge >= 0.3 is 0 Å². The SMILES string of the molecule is Cc1nc(N)c(C(=O)NC2=NC3(CC2)CCN(C(=O)C2CCC(C(=O)N4CCC5(CC4)CN=C(NC(=O)c4nc(Cl)c(N)nc4N)N5)CC2)CC3)nc1Cl. The Balaban J connectivity index is 0.834. The first-order valence-electron chi connectivity index (χ1n) is 18.2. The molecule has 0 radical (unpaired) electrons. The summed E-state index contributed by atoms with van der Waals surface area (Å²) < 4.78 is 0. The number of halogens is 2. The van der Waals surface area contributed by atoms with E-state index in [9.17, 15) is 19.2 Å². The van der Waals surface area contributed by atoms with Crippen LogP contribution in [0.5, 0.6) is 0 Å². The normalized spacial score (nSPS) is 23.1. The lowest BCUT2D eigenvalue weighted by Crippen LogP contribution is -2.57. The summed E-state index contributed by atoms with van der Waals surface area (Å²) in [5.41, 5.74) is 16.9. The number of carbonyl (C=O) groups is 4. The fraction of sp³-hybridized carbons (Fsp3) is 0.588. The van der Waals surface area contributed by atoms with Gasteiger partial charge in [0.2, 0.25) is 11.8 Å². The zero-order valence-electron chi connectivity index (χ0n) is 30.0. The molecule has 288 valence electrons. The first-order chi connectivity index (χ1) is 25.7. The number of nitrogen functional groups attached to an aromatic ring is 3. The van der Waals surface area contributed by atoms with E-state index in [1.54, 1.807) is 6.92 Å². The highest BCUT2D eigenvalue weighted by atomic mass is 35.5. The maximum Gasteiger partial charge on any atom is 0.280 e. The molecule has 0 bridgehead atoms. The molecule has 18 nitrogen and oxygen atoms in total. The van der Waals surface area contributed by atoms with E-state index < -0.39 is 11.8 Å². The topological polar surface area (TPSA) is 265 Å². The summed E-state index contributed by atoms with van der Waals surface area (Å²) in [6.07, 6.45) is 6.91. The van der Waals surface area contributed by atoms with Crippen LogP contribution >= 0.6 is 23.2 Å². The molecule has 7 rings (SSSR count). The number of aryl methyl sites for hydroxylation is 1. The lowest BCUT2D eigenvalue weighted by molar-refractivity contribution is -0.143. The highest BCUT2D eigenvalue weighted by molar-refractivity contribution is 6.32. The number of hydrogen-bond acceptors (Lipinski definition) is 14. The molecule has 6 heterocycles. The third-order valence-electron chi connectivity index (χ3n) is 11.5. The Labute approximate surface area is 321 Å². The van der Waals surface area contributed by atoms with Crippen molar-refractivity contribution in [2.75, 3.05) is 49.9 Å². The van der Waals surface area contributed by atoms with E-state index in [0.717, 1.165) is 19.3 Å². The Morgan fingerprint density at radius 2 is 1.26 bits per heavy atom. The van der Waals surface area contributed by atoms with Gasteiger partial charge in [0, 0.05) is 44.4 Å². The molecular formula is C34H44Cl2N14O4. The number of anilines is 3. The summed E-state index contributed by atoms with van der Waals surface area (Å²) in [5, 5.41) is 8.85. The summed E-state index contributed by atoms with van der Waals surface area (Å²) in [6.45, 7) is 4.46. The molecule has 2 saturated heterocycles. The second-order valence-electron chi connectivity index (χ2n) is 14.9. The number of likely N-dealkylation sites (tertiary alicyclic amines) is 2. The van der Waals surface area contributed by atoms with E-state index in [-0.39, 0.29) is 73.9 Å². The summed E-state index contributed by atoms with van der Waals surface area (Å²) in [4.78, 5) is 81.9. The molecule has 4 amide bonds. The molecule has 0 unspecified atom stereocenters. The van der Waals surface area contributed by atoms with Crippen molar-refractivity contribution in [1.82, 2.24) is 45.7 Å². The molecular weight excluding hydrogens is 739 g/mol. The first kappa shape index (κ1) is 37.5. The number of amides is 4. The molecule has 2 aromatic heterocycles. The standard InChI is InChI=1S/C34H44Cl2N14O4/c1-17-23(35)43-21(25(37)41-17)28(51)42-20-6-7-33(47-20)8-12-49(13-9-33)30(53)18-2-4-19(5-3-18)31(54)50-14-10-34(11-15-50)16-40-32(48-34)46-29(52)22-26(38)45-27(39)24(36)44-22/h18-19H,2-16H2,1H3,(H2,37,41)(H4,38,39,45)(H,42,47,51)(H2,40,46,48,52). The molecule has 5 aliphatic rings. The summed E-state index contributed by atoms with van der Waals surface area (Å²) in [5.74, 6) is -0.323. The van der Waals surface area contributed by atoms with Gasteiger partial charge in [-0.05, 0) is 64.7 Å². The van der Waals surface area contributed by atoms with Gasteiger partial charge in [-0.3, -0.25) is 34.5 Å². The number of nitrogens with two attached hydrogens (primary N) is 3. The number of guanidine groups is 1. The van der Waals surface area contributed by atoms with Crippen molar-refractivity contribution in [2.24, 2.45) is 21.8 Å². The Bertz CT molecular complexity index is 1930. The molecule has 0 atom stereocenters. The van der Waals surface area contributed by atoms with Gasteiger partial charge < -0.3 is 37.6 Å². The number of hydrogen-bond donors (Lipinski definition) is 6. The van der Waals surface area contributed by atoms with Crippen molar-refractivity contribution in [3.05, 3.63) is 27.4 Å². The van der Waals surface area contributed by atoms with Crippen LogP contribution in [-0.4, -0.2) is 109 Å². The van der Waals surface area contributed by atoms with Gasteiger partial charge in [-0.1, -0.05) is 23.2 Å². The van der Waals surface area contributed by atoms with Crippen LogP contribution in [0.1, 0.15) is 90.9 Å². The van der Waals surface area contributed by atoms with E-state index in [1.165, 1.54) is 0 Å². The van der Waals surface area contributed by atoms with Crippen LogP contribution in [0, 0.1) is 18.8 Å². The van der Waals surface area contributed by atoms with Crippen LogP contribution in [0.2, 0.25) is 10.3 Å². The third-order valence-corrected chi connectivity index (χ3v) is 12.1. The number of piperidine rings is 2. The molecule has 9 N–H and O–H groups in total. The van der Waals surface area contributed by atoms with Crippen molar-refractivity contribution in [3.8, 4) is 0 Å². The van der Waals surface area contributed by atoms with Gasteiger partial charge in [-0.25, -0.2) is 19.9 Å². The fourth-order valence-electron chi connectivity index (χ4n) is 8.17. The second kappa shape index (κ2) is 14.8. The molecule has 1 saturated carbocycles. The molecule has 20 heteroatoms. The maximum atomic E-state index is 13.6. The predicted octanol–water partition coefficient (Wildman–Crippen LogP) is 1.47. The first-order valence-corrected chi connectivity index (χ1v) is 19.0. The van der Waals surface area contributed by atoms with Crippen LogP contribution in [-0.2, 0) is 9.59 Å². The minimum atomic E-state index is -0.608. The molecule has 54 heavy (non-hydrogen) atoms. The number of aromatic nitrogens is 4. The maximum absolute atomic E-state index is 13.6. The van der Waals surface area contributed by atoms with Crippen LogP contribution in [0.25, 0.3) is 0 Å². The number of carbonyl (C=O) groups excluding carboxylic acids is 4. The van der Waals surface area contributed by atoms with Gasteiger partial charge in [-0.2, -0.15) is 0 Å². The Morgan fingerprint density at radius 1 is 0.722 bits per heavy atom. The van der Waals surface area contributed by atoms with Crippen molar-refractivity contribution in [1.29, 1.82) is 0 Å². The van der Waals surface area contributed by atoms with Crippen molar-refractivity contribution < 1.29 is 19.2 Å². The Kier molecular flexibility index (Phi) is 10.2. The number of nitrogens with one attached hydrogen (secondary N) is 3. The van der Waals surface area contributed by atoms with Crippen molar-refractivity contribution in [2.45, 2.75) is 82.2 Å². The van der Waals surface area contributed by atoms with E-state index >= 15 is 0 Å². The fourth-order valence-corrected chi connectivity index (χ4v) is 8.42. The van der Waals surface area contributed by atoms with Crippen LogP contribution in [0.15, 0.2) is 9.98 Å². The highest BCUT2D eigenvalue weighted by Crippen LogP contribution is 2.38. The molecule has 2 aromatic rings. The summed E-state index contributed by atoms with van der Waals surface area (Å²) >= 11 is 12.0. The van der Waals surface area contributed by atoms with Gasteiger partial charge in [0.1, 0.15) is 5.84 Å². The van der Waals surface area contributed by atoms with Gasteiger partial charge in [0.15, 0.2) is 45.1 Å². The number of rotatable bonds is 4.